The lowest BCUT2D eigenvalue weighted by molar-refractivity contribution is -0.744. The molecule has 1 aromatic heterocycles. The molecule has 0 amide bonds. The van der Waals surface area contributed by atoms with Crippen LogP contribution in [-0.4, -0.2) is 38.5 Å². The van der Waals surface area contributed by atoms with E-state index in [4.69, 9.17) is 14.6 Å². The fourth-order valence-electron chi connectivity index (χ4n) is 3.26. The van der Waals surface area contributed by atoms with Gasteiger partial charge in [0.15, 0.2) is 12.4 Å². The van der Waals surface area contributed by atoms with Crippen LogP contribution < -0.4 is 26.7 Å². The molecule has 0 atom stereocenters. The number of benzene rings is 2. The Labute approximate surface area is 171 Å². The van der Waals surface area contributed by atoms with Gasteiger partial charge in [-0.1, -0.05) is 35.0 Å². The number of hydrogen-bond acceptors (Lipinski definition) is 4. The van der Waals surface area contributed by atoms with E-state index in [0.717, 1.165) is 37.9 Å². The molecule has 0 radical (unpaired) electrons. The summed E-state index contributed by atoms with van der Waals surface area (Å²) in [5, 5.41) is 4.88. The number of methoxy groups -OCH3 is 1. The molecule has 2 aromatic carbocycles. The highest BCUT2D eigenvalue weighted by molar-refractivity contribution is 5.64. The lowest BCUT2D eigenvalue weighted by Crippen LogP contribution is -3.00. The summed E-state index contributed by atoms with van der Waals surface area (Å²) in [6, 6.07) is 20.8. The number of hydrogen-bond donors (Lipinski definition) is 0. The molecule has 3 aromatic rings. The molecule has 2 heterocycles. The van der Waals surface area contributed by atoms with Crippen LogP contribution >= 0.6 is 0 Å². The largest absolute Gasteiger partial charge is 1.00 e. The maximum Gasteiger partial charge on any atom is 0.204 e. The van der Waals surface area contributed by atoms with Gasteiger partial charge in [0.2, 0.25) is 6.20 Å². The molecule has 146 valence electrons. The summed E-state index contributed by atoms with van der Waals surface area (Å²) in [5.74, 6) is 1.86. The van der Waals surface area contributed by atoms with E-state index in [1.54, 1.807) is 7.11 Å². The second-order valence-electron chi connectivity index (χ2n) is 6.60. The van der Waals surface area contributed by atoms with Crippen LogP contribution in [0.5, 0.6) is 5.75 Å². The third kappa shape index (κ3) is 4.80. The average molecular weight is 398 g/mol. The van der Waals surface area contributed by atoms with E-state index < -0.39 is 0 Å². The number of morpholine rings is 1. The van der Waals surface area contributed by atoms with Crippen LogP contribution in [0.3, 0.4) is 0 Å². The predicted molar refractivity (Wildman–Crippen MR) is 105 cm³/mol. The number of rotatable bonds is 5. The number of ether oxygens (including phenoxy) is 2. The summed E-state index contributed by atoms with van der Waals surface area (Å²) in [5.41, 5.74) is 3.55. The zero-order chi connectivity index (χ0) is 18.5. The molecular formula is C22H24ClN3O2. The second-order valence-corrected chi connectivity index (χ2v) is 6.60. The Morgan fingerprint density at radius 2 is 1.71 bits per heavy atom. The molecule has 5 nitrogen and oxygen atoms in total. The van der Waals surface area contributed by atoms with Gasteiger partial charge in [0.25, 0.3) is 0 Å². The zero-order valence-corrected chi connectivity index (χ0v) is 16.7. The van der Waals surface area contributed by atoms with Crippen molar-refractivity contribution in [2.45, 2.75) is 6.54 Å². The Balaban J connectivity index is 0.00000225. The van der Waals surface area contributed by atoms with Crippen molar-refractivity contribution in [2.75, 3.05) is 38.3 Å². The lowest BCUT2D eigenvalue weighted by Gasteiger charge is -2.26. The zero-order valence-electron chi connectivity index (χ0n) is 15.9. The highest BCUT2D eigenvalue weighted by Crippen LogP contribution is 2.22. The molecule has 0 bridgehead atoms. The first kappa shape index (κ1) is 20.1. The maximum atomic E-state index is 5.50. The minimum Gasteiger partial charge on any atom is -1.00 e. The van der Waals surface area contributed by atoms with Gasteiger partial charge in [-0.2, -0.15) is 0 Å². The van der Waals surface area contributed by atoms with E-state index in [-0.39, 0.29) is 12.4 Å². The van der Waals surface area contributed by atoms with Gasteiger partial charge in [-0.25, -0.2) is 0 Å². The van der Waals surface area contributed by atoms with Crippen molar-refractivity contribution in [3.05, 3.63) is 72.4 Å². The Morgan fingerprint density at radius 3 is 2.39 bits per heavy atom. The fraction of sp³-hybridized carbons (Fsp3) is 0.273. The molecule has 1 aliphatic rings. The van der Waals surface area contributed by atoms with Crippen molar-refractivity contribution in [2.24, 2.45) is 0 Å². The molecule has 0 saturated carbocycles. The highest BCUT2D eigenvalue weighted by atomic mass is 35.5. The fourth-order valence-corrected chi connectivity index (χ4v) is 3.26. The summed E-state index contributed by atoms with van der Waals surface area (Å²) in [6.45, 7) is 3.94. The van der Waals surface area contributed by atoms with Crippen LogP contribution in [0, 0.1) is 0 Å². The molecule has 4 rings (SSSR count). The monoisotopic (exact) mass is 397 g/mol. The Morgan fingerprint density at radius 1 is 1.00 bits per heavy atom. The Kier molecular flexibility index (Phi) is 6.85. The van der Waals surface area contributed by atoms with Gasteiger partial charge in [0.05, 0.1) is 25.9 Å². The molecule has 1 saturated heterocycles. The molecule has 0 unspecified atom stereocenters. The van der Waals surface area contributed by atoms with Crippen molar-refractivity contribution in [3.8, 4) is 16.9 Å². The topological polar surface area (TPSA) is 38.5 Å². The minimum absolute atomic E-state index is 0. The van der Waals surface area contributed by atoms with Crippen LogP contribution in [0.1, 0.15) is 5.56 Å². The van der Waals surface area contributed by atoms with Gasteiger partial charge in [-0.3, -0.25) is 0 Å². The van der Waals surface area contributed by atoms with Crippen LogP contribution in [0.25, 0.3) is 11.1 Å². The molecule has 1 fully saturated rings. The molecule has 28 heavy (non-hydrogen) atoms. The predicted octanol–water partition coefficient (Wildman–Crippen LogP) is -0.0664. The summed E-state index contributed by atoms with van der Waals surface area (Å²) in [6.07, 6.45) is 2.11. The van der Waals surface area contributed by atoms with Crippen molar-refractivity contribution in [3.63, 3.8) is 0 Å². The average Bonchev–Trinajstić information content (AvgIpc) is 2.75. The van der Waals surface area contributed by atoms with E-state index in [2.05, 4.69) is 53.6 Å². The van der Waals surface area contributed by atoms with Crippen LogP contribution in [0.4, 0.5) is 5.82 Å². The van der Waals surface area contributed by atoms with Crippen LogP contribution in [0.15, 0.2) is 66.9 Å². The Hall–Kier alpha value is -2.63. The lowest BCUT2D eigenvalue weighted by atomic mass is 10.1. The number of halogens is 1. The summed E-state index contributed by atoms with van der Waals surface area (Å²) >= 11 is 0. The summed E-state index contributed by atoms with van der Waals surface area (Å²) < 4.78 is 12.8. The van der Waals surface area contributed by atoms with E-state index in [9.17, 15) is 0 Å². The van der Waals surface area contributed by atoms with Crippen LogP contribution in [0.2, 0.25) is 0 Å². The third-order valence-corrected chi connectivity index (χ3v) is 4.75. The third-order valence-electron chi connectivity index (χ3n) is 4.75. The summed E-state index contributed by atoms with van der Waals surface area (Å²) in [4.78, 5) is 2.29. The first-order valence-corrected chi connectivity index (χ1v) is 9.25. The molecular weight excluding hydrogens is 374 g/mol. The minimum atomic E-state index is 0. The first-order chi connectivity index (χ1) is 13.3. The van der Waals surface area contributed by atoms with Gasteiger partial charge >= 0.3 is 0 Å². The summed E-state index contributed by atoms with van der Waals surface area (Å²) in [7, 11) is 1.68. The second kappa shape index (κ2) is 9.53. The number of nitrogens with zero attached hydrogens (tertiary/aromatic N) is 3. The normalized spacial score (nSPS) is 13.7. The van der Waals surface area contributed by atoms with Crippen molar-refractivity contribution in [1.29, 1.82) is 0 Å². The van der Waals surface area contributed by atoms with E-state index >= 15 is 0 Å². The van der Waals surface area contributed by atoms with Gasteiger partial charge in [0, 0.05) is 29.8 Å². The number of anilines is 1. The van der Waals surface area contributed by atoms with Gasteiger partial charge < -0.3 is 26.8 Å². The Bertz CT molecular complexity index is 882. The molecule has 0 N–H and O–H groups in total. The van der Waals surface area contributed by atoms with Crippen molar-refractivity contribution < 1.29 is 26.6 Å². The smallest absolute Gasteiger partial charge is 0.204 e. The molecule has 0 spiro atoms. The molecule has 0 aliphatic carbocycles. The van der Waals surface area contributed by atoms with E-state index in [0.29, 0.717) is 6.54 Å². The maximum absolute atomic E-state index is 5.50. The van der Waals surface area contributed by atoms with Gasteiger partial charge in [-0.15, -0.1) is 0 Å². The van der Waals surface area contributed by atoms with Gasteiger partial charge in [-0.05, 0) is 29.8 Å². The quantitative estimate of drug-likeness (QED) is 0.565. The van der Waals surface area contributed by atoms with Crippen molar-refractivity contribution in [1.82, 2.24) is 5.10 Å². The highest BCUT2D eigenvalue weighted by Gasteiger charge is 2.19. The molecule has 1 aliphatic heterocycles. The SMILES string of the molecule is COc1ccc(C[n+]2cc(-c3ccccc3)cc(N3CCOCC3)n2)cc1.[Cl-]. The van der Waals surface area contributed by atoms with Crippen molar-refractivity contribution >= 4 is 5.82 Å². The van der Waals surface area contributed by atoms with E-state index in [1.165, 1.54) is 16.7 Å². The standard InChI is InChI=1S/C22H24N3O2.ClH/c1-26-21-9-7-18(8-10-21)16-25-17-20(19-5-3-2-4-6-19)15-22(23-25)24-11-13-27-14-12-24;/h2-10,15,17H,11-14,16H2,1H3;1H/q+1;/p-1. The van der Waals surface area contributed by atoms with Gasteiger partial charge in [0.1, 0.15) is 5.75 Å². The van der Waals surface area contributed by atoms with E-state index in [1.807, 2.05) is 22.9 Å². The molecule has 6 heteroatoms. The first-order valence-electron chi connectivity index (χ1n) is 9.25. The van der Waals surface area contributed by atoms with Crippen LogP contribution in [-0.2, 0) is 11.3 Å². The number of aromatic nitrogens is 2.